The summed E-state index contributed by atoms with van der Waals surface area (Å²) in [7, 11) is 1.86. The summed E-state index contributed by atoms with van der Waals surface area (Å²) in [5, 5.41) is 3.78. The molecule has 88 valence electrons. The van der Waals surface area contributed by atoms with Gasteiger partial charge in [0.05, 0.1) is 0 Å². The molecule has 0 saturated carbocycles. The highest BCUT2D eigenvalue weighted by atomic mass is 35.5. The quantitative estimate of drug-likeness (QED) is 0.721. The van der Waals surface area contributed by atoms with Gasteiger partial charge in [0.15, 0.2) is 5.11 Å². The molecule has 0 atom stereocenters. The molecule has 2 heterocycles. The molecule has 0 unspecified atom stereocenters. The summed E-state index contributed by atoms with van der Waals surface area (Å²) in [6.45, 7) is 0.962. The second-order valence-electron chi connectivity index (χ2n) is 3.65. The Morgan fingerprint density at radius 1 is 1.50 bits per heavy atom. The van der Waals surface area contributed by atoms with Crippen molar-refractivity contribution in [3.05, 3.63) is 23.9 Å². The molecule has 16 heavy (non-hydrogen) atoms. The second kappa shape index (κ2) is 6.01. The monoisotopic (exact) mass is 257 g/mol. The number of rotatable bonds is 0. The van der Waals surface area contributed by atoms with Crippen LogP contribution >= 0.6 is 24.6 Å². The molecule has 0 bridgehead atoms. The SMILES string of the molecule is CNC(=S)N1CCCCc2cccnc21.Cl. The van der Waals surface area contributed by atoms with Gasteiger partial charge >= 0.3 is 0 Å². The van der Waals surface area contributed by atoms with E-state index in [1.807, 2.05) is 19.3 Å². The van der Waals surface area contributed by atoms with Crippen molar-refractivity contribution < 1.29 is 0 Å². The fourth-order valence-electron chi connectivity index (χ4n) is 1.89. The Hall–Kier alpha value is -0.870. The Morgan fingerprint density at radius 3 is 3.06 bits per heavy atom. The van der Waals surface area contributed by atoms with Gasteiger partial charge in [-0.25, -0.2) is 4.98 Å². The number of aromatic nitrogens is 1. The van der Waals surface area contributed by atoms with Crippen molar-refractivity contribution in [3.63, 3.8) is 0 Å². The van der Waals surface area contributed by atoms with Crippen molar-refractivity contribution in [2.45, 2.75) is 19.3 Å². The van der Waals surface area contributed by atoms with Crippen LogP contribution in [-0.2, 0) is 6.42 Å². The van der Waals surface area contributed by atoms with Crippen LogP contribution in [0.15, 0.2) is 18.3 Å². The normalized spacial score (nSPS) is 14.4. The molecule has 1 aliphatic heterocycles. The van der Waals surface area contributed by atoms with Gasteiger partial charge in [-0.3, -0.25) is 0 Å². The van der Waals surface area contributed by atoms with Gasteiger partial charge in [-0.1, -0.05) is 6.07 Å². The van der Waals surface area contributed by atoms with Crippen molar-refractivity contribution in [2.24, 2.45) is 0 Å². The zero-order valence-corrected chi connectivity index (χ0v) is 10.9. The van der Waals surface area contributed by atoms with E-state index in [1.54, 1.807) is 0 Å². The van der Waals surface area contributed by atoms with Crippen molar-refractivity contribution in [2.75, 3.05) is 18.5 Å². The third kappa shape index (κ3) is 2.62. The fourth-order valence-corrected chi connectivity index (χ4v) is 2.07. The first-order valence-corrected chi connectivity index (χ1v) is 5.67. The van der Waals surface area contributed by atoms with Crippen LogP contribution in [0.5, 0.6) is 0 Å². The number of aryl methyl sites for hydroxylation is 1. The lowest BCUT2D eigenvalue weighted by atomic mass is 10.1. The molecule has 0 spiro atoms. The Bertz CT molecular complexity index is 370. The number of fused-ring (bicyclic) bond motifs is 1. The lowest BCUT2D eigenvalue weighted by molar-refractivity contribution is 0.763. The van der Waals surface area contributed by atoms with E-state index in [0.717, 1.165) is 30.3 Å². The van der Waals surface area contributed by atoms with Gasteiger partial charge in [-0.2, -0.15) is 0 Å². The molecule has 2 rings (SSSR count). The summed E-state index contributed by atoms with van der Waals surface area (Å²) in [6, 6.07) is 4.13. The van der Waals surface area contributed by atoms with Gasteiger partial charge in [-0.05, 0) is 43.1 Å². The lowest BCUT2D eigenvalue weighted by Gasteiger charge is -2.23. The minimum absolute atomic E-state index is 0. The van der Waals surface area contributed by atoms with Crippen LogP contribution in [-0.4, -0.2) is 23.7 Å². The third-order valence-electron chi connectivity index (χ3n) is 2.66. The molecule has 3 nitrogen and oxygen atoms in total. The molecular formula is C11H16ClN3S. The highest BCUT2D eigenvalue weighted by Crippen LogP contribution is 2.23. The highest BCUT2D eigenvalue weighted by molar-refractivity contribution is 7.80. The van der Waals surface area contributed by atoms with E-state index >= 15 is 0 Å². The van der Waals surface area contributed by atoms with Crippen molar-refractivity contribution in [1.29, 1.82) is 0 Å². The first kappa shape index (κ1) is 13.2. The van der Waals surface area contributed by atoms with Gasteiger partial charge in [0, 0.05) is 19.8 Å². The number of hydrogen-bond acceptors (Lipinski definition) is 2. The van der Waals surface area contributed by atoms with Crippen LogP contribution < -0.4 is 10.2 Å². The molecule has 1 aromatic heterocycles. The van der Waals surface area contributed by atoms with Crippen LogP contribution in [0.4, 0.5) is 5.82 Å². The van der Waals surface area contributed by atoms with Gasteiger partial charge in [0.1, 0.15) is 5.82 Å². The Labute approximate surface area is 108 Å². The van der Waals surface area contributed by atoms with Crippen molar-refractivity contribution in [3.8, 4) is 0 Å². The molecule has 0 amide bonds. The summed E-state index contributed by atoms with van der Waals surface area (Å²) in [5.41, 5.74) is 1.30. The minimum Gasteiger partial charge on any atom is -0.365 e. The maximum Gasteiger partial charge on any atom is 0.174 e. The predicted octanol–water partition coefficient (Wildman–Crippen LogP) is 2.15. The Kier molecular flexibility index (Phi) is 4.96. The van der Waals surface area contributed by atoms with Crippen LogP contribution in [0.25, 0.3) is 0 Å². The van der Waals surface area contributed by atoms with Crippen LogP contribution in [0, 0.1) is 0 Å². The molecule has 1 aliphatic rings. The molecule has 1 aromatic rings. The predicted molar refractivity (Wildman–Crippen MR) is 73.4 cm³/mol. The average Bonchev–Trinajstić information content (AvgIpc) is 2.50. The summed E-state index contributed by atoms with van der Waals surface area (Å²) in [6.07, 6.45) is 5.31. The number of nitrogens with one attached hydrogen (secondary N) is 1. The topological polar surface area (TPSA) is 28.2 Å². The van der Waals surface area contributed by atoms with Crippen LogP contribution in [0.1, 0.15) is 18.4 Å². The largest absolute Gasteiger partial charge is 0.365 e. The standard InChI is InChI=1S/C11H15N3S.ClH/c1-12-11(15)14-8-3-2-5-9-6-4-7-13-10(9)14;/h4,6-7H,2-3,5,8H2,1H3,(H,12,15);1H. The van der Waals surface area contributed by atoms with E-state index in [1.165, 1.54) is 12.0 Å². The second-order valence-corrected chi connectivity index (χ2v) is 4.04. The molecule has 0 aliphatic carbocycles. The van der Waals surface area contributed by atoms with Crippen molar-refractivity contribution in [1.82, 2.24) is 10.3 Å². The highest BCUT2D eigenvalue weighted by Gasteiger charge is 2.18. The number of nitrogens with zero attached hydrogens (tertiary/aromatic N) is 2. The van der Waals surface area contributed by atoms with Gasteiger partial charge in [0.25, 0.3) is 0 Å². The summed E-state index contributed by atoms with van der Waals surface area (Å²) in [5.74, 6) is 1.02. The Balaban J connectivity index is 0.00000128. The maximum absolute atomic E-state index is 5.29. The van der Waals surface area contributed by atoms with E-state index in [-0.39, 0.29) is 12.4 Å². The number of anilines is 1. The van der Waals surface area contributed by atoms with E-state index in [4.69, 9.17) is 12.2 Å². The van der Waals surface area contributed by atoms with Gasteiger partial charge < -0.3 is 10.2 Å². The van der Waals surface area contributed by atoms with Crippen molar-refractivity contribution >= 4 is 35.6 Å². The third-order valence-corrected chi connectivity index (χ3v) is 3.08. The zero-order chi connectivity index (χ0) is 10.7. The lowest BCUT2D eigenvalue weighted by Crippen LogP contribution is -2.39. The molecule has 1 N–H and O–H groups in total. The fraction of sp³-hybridized carbons (Fsp3) is 0.455. The molecule has 0 radical (unpaired) electrons. The van der Waals surface area contributed by atoms with E-state index in [0.29, 0.717) is 0 Å². The number of thiocarbonyl (C=S) groups is 1. The van der Waals surface area contributed by atoms with Crippen LogP contribution in [0.2, 0.25) is 0 Å². The van der Waals surface area contributed by atoms with E-state index < -0.39 is 0 Å². The molecular weight excluding hydrogens is 242 g/mol. The molecule has 0 saturated heterocycles. The zero-order valence-electron chi connectivity index (χ0n) is 9.27. The first-order chi connectivity index (χ1) is 7.33. The van der Waals surface area contributed by atoms with Gasteiger partial charge in [0.2, 0.25) is 0 Å². The van der Waals surface area contributed by atoms with Gasteiger partial charge in [-0.15, -0.1) is 12.4 Å². The summed E-state index contributed by atoms with van der Waals surface area (Å²) >= 11 is 5.29. The summed E-state index contributed by atoms with van der Waals surface area (Å²) in [4.78, 5) is 6.52. The van der Waals surface area contributed by atoms with E-state index in [2.05, 4.69) is 21.3 Å². The average molecular weight is 258 g/mol. The maximum atomic E-state index is 5.29. The number of hydrogen-bond donors (Lipinski definition) is 1. The smallest absolute Gasteiger partial charge is 0.174 e. The molecule has 5 heteroatoms. The first-order valence-electron chi connectivity index (χ1n) is 5.26. The number of halogens is 1. The summed E-state index contributed by atoms with van der Waals surface area (Å²) < 4.78 is 0. The minimum atomic E-state index is 0. The molecule has 0 aromatic carbocycles. The van der Waals surface area contributed by atoms with E-state index in [9.17, 15) is 0 Å². The number of pyridine rings is 1. The van der Waals surface area contributed by atoms with Crippen LogP contribution in [0.3, 0.4) is 0 Å². The Morgan fingerprint density at radius 2 is 2.31 bits per heavy atom. The molecule has 0 fully saturated rings.